The summed E-state index contributed by atoms with van der Waals surface area (Å²) in [5.74, 6) is 0.707. The number of ether oxygens (including phenoxy) is 1. The van der Waals surface area contributed by atoms with Gasteiger partial charge in [-0.3, -0.25) is 4.79 Å². The number of anilines is 1. The number of hydrogen-bond acceptors (Lipinski definition) is 4. The van der Waals surface area contributed by atoms with Crippen molar-refractivity contribution in [3.63, 3.8) is 0 Å². The molecule has 1 rings (SSSR count). The van der Waals surface area contributed by atoms with Gasteiger partial charge in [0.1, 0.15) is 5.82 Å². The fourth-order valence-electron chi connectivity index (χ4n) is 1.34. The highest BCUT2D eigenvalue weighted by Gasteiger charge is 2.11. The predicted molar refractivity (Wildman–Crippen MR) is 67.2 cm³/mol. The lowest BCUT2D eigenvalue weighted by Gasteiger charge is -2.16. The lowest BCUT2D eigenvalue weighted by atomic mass is 10.2. The summed E-state index contributed by atoms with van der Waals surface area (Å²) in [7, 11) is 3.55. The minimum Gasteiger partial charge on any atom is -0.380 e. The average Bonchev–Trinajstić information content (AvgIpc) is 2.38. The van der Waals surface area contributed by atoms with Gasteiger partial charge in [-0.15, -0.1) is 0 Å². The molecular formula is C12H19N3O2. The van der Waals surface area contributed by atoms with Crippen molar-refractivity contribution in [2.45, 2.75) is 6.92 Å². The third kappa shape index (κ3) is 4.03. The number of carbonyl (C=O) groups excluding carboxylic acids is 1. The minimum atomic E-state index is -0.0418. The highest BCUT2D eigenvalue weighted by Crippen LogP contribution is 2.06. The first-order valence-electron chi connectivity index (χ1n) is 5.66. The molecule has 1 N–H and O–H groups in total. The van der Waals surface area contributed by atoms with Crippen molar-refractivity contribution < 1.29 is 9.53 Å². The van der Waals surface area contributed by atoms with E-state index in [0.29, 0.717) is 25.3 Å². The first kappa shape index (κ1) is 13.4. The number of rotatable bonds is 6. The molecule has 0 aliphatic carbocycles. The third-order valence-corrected chi connectivity index (χ3v) is 2.39. The van der Waals surface area contributed by atoms with Crippen LogP contribution in [-0.2, 0) is 4.74 Å². The number of aromatic nitrogens is 1. The molecule has 0 spiro atoms. The zero-order valence-corrected chi connectivity index (χ0v) is 10.6. The summed E-state index contributed by atoms with van der Waals surface area (Å²) in [6, 6.07) is 3.54. The molecule has 5 nitrogen and oxygen atoms in total. The van der Waals surface area contributed by atoms with Gasteiger partial charge in [0.05, 0.1) is 12.2 Å². The summed E-state index contributed by atoms with van der Waals surface area (Å²) < 4.78 is 5.21. The molecule has 0 atom stereocenters. The molecule has 1 aromatic rings. The van der Waals surface area contributed by atoms with Crippen LogP contribution >= 0.6 is 0 Å². The second kappa shape index (κ2) is 6.85. The Labute approximate surface area is 102 Å². The Bertz CT molecular complexity index is 351. The van der Waals surface area contributed by atoms with Crippen molar-refractivity contribution in [1.29, 1.82) is 0 Å². The van der Waals surface area contributed by atoms with Crippen molar-refractivity contribution in [1.82, 2.24) is 9.88 Å². The molecule has 0 bridgehead atoms. The van der Waals surface area contributed by atoms with Gasteiger partial charge < -0.3 is 15.0 Å². The van der Waals surface area contributed by atoms with Crippen LogP contribution in [0.1, 0.15) is 17.3 Å². The maximum absolute atomic E-state index is 11.9. The number of pyridine rings is 1. The van der Waals surface area contributed by atoms with Crippen LogP contribution in [0.2, 0.25) is 0 Å². The number of likely N-dealkylation sites (N-methyl/N-ethyl adjacent to an activating group) is 1. The lowest BCUT2D eigenvalue weighted by molar-refractivity contribution is 0.0709. The van der Waals surface area contributed by atoms with Crippen molar-refractivity contribution in [2.24, 2.45) is 0 Å². The molecule has 94 valence electrons. The smallest absolute Gasteiger partial charge is 0.255 e. The largest absolute Gasteiger partial charge is 0.380 e. The summed E-state index contributed by atoms with van der Waals surface area (Å²) in [4.78, 5) is 17.7. The zero-order chi connectivity index (χ0) is 12.7. The first-order chi connectivity index (χ1) is 8.19. The van der Waals surface area contributed by atoms with Gasteiger partial charge in [0.25, 0.3) is 5.91 Å². The molecule has 0 aromatic carbocycles. The molecular weight excluding hydrogens is 218 g/mol. The third-order valence-electron chi connectivity index (χ3n) is 2.39. The van der Waals surface area contributed by atoms with Gasteiger partial charge in [0.15, 0.2) is 0 Å². The van der Waals surface area contributed by atoms with Gasteiger partial charge in [0, 0.05) is 33.4 Å². The Hall–Kier alpha value is -1.62. The summed E-state index contributed by atoms with van der Waals surface area (Å²) in [5.41, 5.74) is 0.586. The van der Waals surface area contributed by atoms with Crippen LogP contribution in [0.15, 0.2) is 18.3 Å². The molecule has 17 heavy (non-hydrogen) atoms. The van der Waals surface area contributed by atoms with Crippen LogP contribution in [0, 0.1) is 0 Å². The van der Waals surface area contributed by atoms with Crippen molar-refractivity contribution in [3.05, 3.63) is 23.9 Å². The quantitative estimate of drug-likeness (QED) is 0.756. The molecule has 0 aliphatic rings. The molecule has 0 saturated heterocycles. The minimum absolute atomic E-state index is 0.0418. The van der Waals surface area contributed by atoms with E-state index in [0.717, 1.165) is 5.82 Å². The van der Waals surface area contributed by atoms with E-state index in [2.05, 4.69) is 10.3 Å². The van der Waals surface area contributed by atoms with E-state index in [9.17, 15) is 4.79 Å². The fourth-order valence-corrected chi connectivity index (χ4v) is 1.34. The number of carbonyl (C=O) groups is 1. The van der Waals surface area contributed by atoms with E-state index in [1.807, 2.05) is 6.92 Å². The van der Waals surface area contributed by atoms with Crippen molar-refractivity contribution >= 4 is 11.7 Å². The number of amides is 1. The van der Waals surface area contributed by atoms with Gasteiger partial charge in [0.2, 0.25) is 0 Å². The summed E-state index contributed by atoms with van der Waals surface area (Å²) in [6.07, 6.45) is 1.57. The Balaban J connectivity index is 2.55. The van der Waals surface area contributed by atoms with E-state index in [1.54, 1.807) is 37.3 Å². The van der Waals surface area contributed by atoms with E-state index in [1.165, 1.54) is 0 Å². The summed E-state index contributed by atoms with van der Waals surface area (Å²) in [5, 5.41) is 2.91. The fraction of sp³-hybridized carbons (Fsp3) is 0.500. The average molecular weight is 237 g/mol. The van der Waals surface area contributed by atoms with Crippen LogP contribution in [0.3, 0.4) is 0 Å². The van der Waals surface area contributed by atoms with E-state index < -0.39 is 0 Å². The van der Waals surface area contributed by atoms with Crippen molar-refractivity contribution in [2.75, 3.05) is 39.2 Å². The standard InChI is InChI=1S/C12H19N3O2/c1-4-17-8-7-15(3)12(16)10-5-6-11(13-2)14-9-10/h5-6,9H,4,7-8H2,1-3H3,(H,13,14). The SMILES string of the molecule is CCOCCN(C)C(=O)c1ccc(NC)nc1. The summed E-state index contributed by atoms with van der Waals surface area (Å²) in [6.45, 7) is 3.74. The second-order valence-corrected chi connectivity index (χ2v) is 3.61. The lowest BCUT2D eigenvalue weighted by Crippen LogP contribution is -2.30. The number of nitrogens with one attached hydrogen (secondary N) is 1. The molecule has 1 heterocycles. The molecule has 0 fully saturated rings. The van der Waals surface area contributed by atoms with Crippen molar-refractivity contribution in [3.8, 4) is 0 Å². The topological polar surface area (TPSA) is 54.5 Å². The van der Waals surface area contributed by atoms with E-state index in [-0.39, 0.29) is 5.91 Å². The Morgan fingerprint density at radius 1 is 1.53 bits per heavy atom. The summed E-state index contributed by atoms with van der Waals surface area (Å²) >= 11 is 0. The first-order valence-corrected chi connectivity index (χ1v) is 5.66. The van der Waals surface area contributed by atoms with Gasteiger partial charge in [-0.25, -0.2) is 4.98 Å². The van der Waals surface area contributed by atoms with E-state index in [4.69, 9.17) is 4.74 Å². The van der Waals surface area contributed by atoms with Gasteiger partial charge in [-0.1, -0.05) is 0 Å². The highest BCUT2D eigenvalue weighted by molar-refractivity contribution is 5.93. The molecule has 5 heteroatoms. The van der Waals surface area contributed by atoms with Crippen LogP contribution in [0.4, 0.5) is 5.82 Å². The Kier molecular flexibility index (Phi) is 5.42. The molecule has 0 unspecified atom stereocenters. The van der Waals surface area contributed by atoms with Crippen LogP contribution < -0.4 is 5.32 Å². The molecule has 0 saturated carbocycles. The van der Waals surface area contributed by atoms with Crippen LogP contribution in [-0.4, -0.2) is 49.6 Å². The predicted octanol–water partition coefficient (Wildman–Crippen LogP) is 1.23. The molecule has 1 amide bonds. The molecule has 1 aromatic heterocycles. The maximum Gasteiger partial charge on any atom is 0.255 e. The zero-order valence-electron chi connectivity index (χ0n) is 10.6. The Morgan fingerprint density at radius 3 is 2.82 bits per heavy atom. The number of nitrogens with zero attached hydrogens (tertiary/aromatic N) is 2. The monoisotopic (exact) mass is 237 g/mol. The maximum atomic E-state index is 11.9. The number of hydrogen-bond donors (Lipinski definition) is 1. The highest BCUT2D eigenvalue weighted by atomic mass is 16.5. The Morgan fingerprint density at radius 2 is 2.29 bits per heavy atom. The normalized spacial score (nSPS) is 10.1. The molecule has 0 radical (unpaired) electrons. The van der Waals surface area contributed by atoms with Crippen LogP contribution in [0.5, 0.6) is 0 Å². The van der Waals surface area contributed by atoms with Gasteiger partial charge in [-0.05, 0) is 19.1 Å². The molecule has 0 aliphatic heterocycles. The second-order valence-electron chi connectivity index (χ2n) is 3.61. The van der Waals surface area contributed by atoms with Gasteiger partial charge in [-0.2, -0.15) is 0 Å². The van der Waals surface area contributed by atoms with Crippen LogP contribution in [0.25, 0.3) is 0 Å². The van der Waals surface area contributed by atoms with E-state index >= 15 is 0 Å². The van der Waals surface area contributed by atoms with Gasteiger partial charge >= 0.3 is 0 Å².